The lowest BCUT2D eigenvalue weighted by Crippen LogP contribution is -2.32. The van der Waals surface area contributed by atoms with E-state index in [4.69, 9.17) is 14.5 Å². The van der Waals surface area contributed by atoms with Gasteiger partial charge >= 0.3 is 0 Å². The van der Waals surface area contributed by atoms with E-state index in [-0.39, 0.29) is 29.9 Å². The molecule has 2 aliphatic heterocycles. The Hall–Kier alpha value is -2.49. The lowest BCUT2D eigenvalue weighted by Gasteiger charge is -2.16. The van der Waals surface area contributed by atoms with Crippen LogP contribution in [0.25, 0.3) is 0 Å². The first-order valence-corrected chi connectivity index (χ1v) is 11.6. The highest BCUT2D eigenvalue weighted by atomic mass is 127. The molecule has 0 radical (unpaired) electrons. The number of nitrogens with zero attached hydrogens (tertiary/aromatic N) is 2. The SMILES string of the molecule is I.O=C1CCCN1c1ccc(CN=C(NCC2CC2)Nc2ccc3c(c2)OCCCO3)cc1. The van der Waals surface area contributed by atoms with Crippen LogP contribution in [0.5, 0.6) is 11.5 Å². The molecule has 3 aliphatic rings. The lowest BCUT2D eigenvalue weighted by molar-refractivity contribution is -0.117. The van der Waals surface area contributed by atoms with Gasteiger partial charge < -0.3 is 25.0 Å². The van der Waals surface area contributed by atoms with E-state index in [2.05, 4.69) is 22.8 Å². The number of anilines is 2. The van der Waals surface area contributed by atoms with E-state index in [0.717, 1.165) is 66.2 Å². The van der Waals surface area contributed by atoms with Gasteiger partial charge in [-0.15, -0.1) is 24.0 Å². The second-order valence-electron chi connectivity index (χ2n) is 8.64. The van der Waals surface area contributed by atoms with Crippen molar-refractivity contribution in [1.29, 1.82) is 0 Å². The highest BCUT2D eigenvalue weighted by molar-refractivity contribution is 14.0. The van der Waals surface area contributed by atoms with Crippen LogP contribution in [0.3, 0.4) is 0 Å². The Kier molecular flexibility index (Phi) is 7.95. The molecule has 7 nitrogen and oxygen atoms in total. The van der Waals surface area contributed by atoms with Crippen molar-refractivity contribution in [3.8, 4) is 11.5 Å². The molecule has 1 saturated carbocycles. The maximum absolute atomic E-state index is 12.0. The fourth-order valence-electron chi connectivity index (χ4n) is 3.95. The first-order chi connectivity index (χ1) is 15.7. The van der Waals surface area contributed by atoms with Crippen molar-refractivity contribution in [2.75, 3.05) is 36.5 Å². The average Bonchev–Trinajstić information content (AvgIpc) is 3.59. The summed E-state index contributed by atoms with van der Waals surface area (Å²) in [5, 5.41) is 6.88. The third-order valence-corrected chi connectivity index (χ3v) is 6.01. The minimum absolute atomic E-state index is 0. The molecule has 0 spiro atoms. The molecule has 0 aromatic heterocycles. The number of hydrogen-bond donors (Lipinski definition) is 2. The van der Waals surface area contributed by atoms with Crippen LogP contribution < -0.4 is 25.0 Å². The fourth-order valence-corrected chi connectivity index (χ4v) is 3.95. The number of aliphatic imine (C=N–C) groups is 1. The Balaban J connectivity index is 0.00000259. The number of fused-ring (bicyclic) bond motifs is 1. The number of rotatable bonds is 6. The van der Waals surface area contributed by atoms with Crippen LogP contribution in [0.1, 0.15) is 37.7 Å². The number of hydrogen-bond acceptors (Lipinski definition) is 4. The molecule has 2 aromatic rings. The van der Waals surface area contributed by atoms with E-state index in [0.29, 0.717) is 26.2 Å². The van der Waals surface area contributed by atoms with Gasteiger partial charge in [-0.2, -0.15) is 0 Å². The quantitative estimate of drug-likeness (QED) is 0.307. The van der Waals surface area contributed by atoms with Crippen molar-refractivity contribution in [2.24, 2.45) is 10.9 Å². The summed E-state index contributed by atoms with van der Waals surface area (Å²) in [4.78, 5) is 18.6. The summed E-state index contributed by atoms with van der Waals surface area (Å²) >= 11 is 0. The van der Waals surface area contributed by atoms with Gasteiger partial charge in [0.05, 0.1) is 19.8 Å². The molecule has 2 fully saturated rings. The molecule has 2 aromatic carbocycles. The third kappa shape index (κ3) is 6.31. The maximum atomic E-state index is 12.0. The fraction of sp³-hybridized carbons (Fsp3) is 0.440. The van der Waals surface area contributed by atoms with E-state index < -0.39 is 0 Å². The Bertz CT molecular complexity index is 992. The Morgan fingerprint density at radius 2 is 1.82 bits per heavy atom. The normalized spacial score (nSPS) is 17.9. The smallest absolute Gasteiger partial charge is 0.227 e. The van der Waals surface area contributed by atoms with Gasteiger partial charge in [0.2, 0.25) is 5.91 Å². The second-order valence-corrected chi connectivity index (χ2v) is 8.64. The predicted molar refractivity (Wildman–Crippen MR) is 141 cm³/mol. The highest BCUT2D eigenvalue weighted by Gasteiger charge is 2.22. The van der Waals surface area contributed by atoms with Crippen LogP contribution in [0.4, 0.5) is 11.4 Å². The van der Waals surface area contributed by atoms with Crippen LogP contribution in [-0.2, 0) is 11.3 Å². The molecular weight excluding hydrogens is 531 g/mol. The van der Waals surface area contributed by atoms with Crippen LogP contribution in [-0.4, -0.2) is 38.2 Å². The lowest BCUT2D eigenvalue weighted by atomic mass is 10.2. The number of guanidine groups is 1. The number of ether oxygens (including phenoxy) is 2. The van der Waals surface area contributed by atoms with E-state index in [1.807, 2.05) is 35.2 Å². The molecule has 33 heavy (non-hydrogen) atoms. The molecule has 8 heteroatoms. The highest BCUT2D eigenvalue weighted by Crippen LogP contribution is 2.32. The van der Waals surface area contributed by atoms with Crippen molar-refractivity contribution >= 4 is 47.2 Å². The van der Waals surface area contributed by atoms with Crippen molar-refractivity contribution in [3.05, 3.63) is 48.0 Å². The molecular formula is C25H31IN4O3. The first-order valence-electron chi connectivity index (χ1n) is 11.6. The standard InChI is InChI=1S/C25H30N4O3.HI/c30-24-3-1-12-29(24)21-9-6-19(7-10-21)17-27-25(26-16-18-4-5-18)28-20-8-11-22-23(15-20)32-14-2-13-31-22;/h6-11,15,18H,1-5,12-14,16-17H2,(H2,26,27,28);1H. The second kappa shape index (κ2) is 11.1. The molecule has 0 unspecified atom stereocenters. The molecule has 1 aliphatic carbocycles. The van der Waals surface area contributed by atoms with Crippen LogP contribution >= 0.6 is 24.0 Å². The Labute approximate surface area is 212 Å². The summed E-state index contributed by atoms with van der Waals surface area (Å²) in [6.45, 7) is 3.63. The topological polar surface area (TPSA) is 75.2 Å². The first kappa shape index (κ1) is 23.7. The summed E-state index contributed by atoms with van der Waals surface area (Å²) in [5.41, 5.74) is 2.99. The van der Waals surface area contributed by atoms with E-state index in [1.54, 1.807) is 0 Å². The Morgan fingerprint density at radius 3 is 2.55 bits per heavy atom. The maximum Gasteiger partial charge on any atom is 0.227 e. The minimum atomic E-state index is 0. The zero-order valence-electron chi connectivity index (χ0n) is 18.7. The number of halogens is 1. The van der Waals surface area contributed by atoms with Crippen molar-refractivity contribution in [2.45, 2.75) is 38.6 Å². The number of amides is 1. The van der Waals surface area contributed by atoms with Gasteiger partial charge in [-0.3, -0.25) is 4.79 Å². The van der Waals surface area contributed by atoms with Gasteiger partial charge in [-0.1, -0.05) is 12.1 Å². The molecule has 1 amide bonds. The van der Waals surface area contributed by atoms with Gasteiger partial charge in [0.1, 0.15) is 0 Å². The molecule has 2 N–H and O–H groups in total. The largest absolute Gasteiger partial charge is 0.490 e. The summed E-state index contributed by atoms with van der Waals surface area (Å²) < 4.78 is 11.5. The van der Waals surface area contributed by atoms with Crippen LogP contribution in [0, 0.1) is 5.92 Å². The number of benzene rings is 2. The minimum Gasteiger partial charge on any atom is -0.490 e. The molecule has 5 rings (SSSR count). The molecule has 176 valence electrons. The van der Waals surface area contributed by atoms with Crippen molar-refractivity contribution in [1.82, 2.24) is 5.32 Å². The van der Waals surface area contributed by atoms with Gasteiger partial charge in [-0.05, 0) is 55.0 Å². The zero-order chi connectivity index (χ0) is 21.8. The van der Waals surface area contributed by atoms with E-state index >= 15 is 0 Å². The van der Waals surface area contributed by atoms with E-state index in [9.17, 15) is 4.79 Å². The number of carbonyl (C=O) groups is 1. The summed E-state index contributed by atoms with van der Waals surface area (Å²) in [5.74, 6) is 3.25. The molecule has 0 atom stereocenters. The molecule has 1 saturated heterocycles. The number of nitrogens with one attached hydrogen (secondary N) is 2. The Morgan fingerprint density at radius 1 is 1.03 bits per heavy atom. The van der Waals surface area contributed by atoms with Crippen molar-refractivity contribution in [3.63, 3.8) is 0 Å². The zero-order valence-corrected chi connectivity index (χ0v) is 21.0. The van der Waals surface area contributed by atoms with Crippen LogP contribution in [0.15, 0.2) is 47.5 Å². The van der Waals surface area contributed by atoms with E-state index in [1.165, 1.54) is 12.8 Å². The molecule has 0 bridgehead atoms. The predicted octanol–water partition coefficient (Wildman–Crippen LogP) is 4.56. The summed E-state index contributed by atoms with van der Waals surface area (Å²) in [7, 11) is 0. The number of carbonyl (C=O) groups excluding carboxylic acids is 1. The summed E-state index contributed by atoms with van der Waals surface area (Å²) in [6, 6.07) is 14.0. The van der Waals surface area contributed by atoms with Crippen LogP contribution in [0.2, 0.25) is 0 Å². The molecule has 2 heterocycles. The van der Waals surface area contributed by atoms with Crippen molar-refractivity contribution < 1.29 is 14.3 Å². The monoisotopic (exact) mass is 562 g/mol. The summed E-state index contributed by atoms with van der Waals surface area (Å²) in [6.07, 6.45) is 5.03. The van der Waals surface area contributed by atoms with Gasteiger partial charge in [0, 0.05) is 43.4 Å². The third-order valence-electron chi connectivity index (χ3n) is 6.01. The van der Waals surface area contributed by atoms with Gasteiger partial charge in [0.15, 0.2) is 17.5 Å². The van der Waals surface area contributed by atoms with Gasteiger partial charge in [-0.25, -0.2) is 4.99 Å². The van der Waals surface area contributed by atoms with Gasteiger partial charge in [0.25, 0.3) is 0 Å². The average molecular weight is 562 g/mol.